The molecule has 112 valence electrons. The van der Waals surface area contributed by atoms with Gasteiger partial charge in [0.1, 0.15) is 0 Å². The van der Waals surface area contributed by atoms with Crippen LogP contribution in [0.3, 0.4) is 0 Å². The average Bonchev–Trinajstić information content (AvgIpc) is 2.44. The summed E-state index contributed by atoms with van der Waals surface area (Å²) in [6.45, 7) is 5.56. The molecule has 0 radical (unpaired) electrons. The molecule has 1 aromatic rings. The Morgan fingerprint density at radius 3 is 2.45 bits per heavy atom. The van der Waals surface area contributed by atoms with Crippen molar-refractivity contribution in [1.29, 1.82) is 0 Å². The van der Waals surface area contributed by atoms with Crippen LogP contribution >= 0.6 is 15.9 Å². The SMILES string of the molecule is CCC(CC)(CO)CNC1CC(c2ccccc2Br)C1. The Labute approximate surface area is 131 Å². The molecule has 0 heterocycles. The van der Waals surface area contributed by atoms with Crippen molar-refractivity contribution in [2.45, 2.75) is 51.5 Å². The van der Waals surface area contributed by atoms with E-state index in [0.29, 0.717) is 12.0 Å². The van der Waals surface area contributed by atoms with Gasteiger partial charge in [-0.1, -0.05) is 48.0 Å². The lowest BCUT2D eigenvalue weighted by Crippen LogP contribution is -2.46. The molecule has 0 amide bonds. The van der Waals surface area contributed by atoms with E-state index in [1.165, 1.54) is 22.9 Å². The summed E-state index contributed by atoms with van der Waals surface area (Å²) >= 11 is 3.64. The lowest BCUT2D eigenvalue weighted by molar-refractivity contribution is 0.103. The van der Waals surface area contributed by atoms with Gasteiger partial charge in [0, 0.05) is 29.1 Å². The molecular weight excluding hydrogens is 314 g/mol. The van der Waals surface area contributed by atoms with Gasteiger partial charge in [0.15, 0.2) is 0 Å². The fourth-order valence-electron chi connectivity index (χ4n) is 2.98. The molecule has 1 fully saturated rings. The fraction of sp³-hybridized carbons (Fsp3) is 0.647. The van der Waals surface area contributed by atoms with Crippen molar-refractivity contribution >= 4 is 15.9 Å². The van der Waals surface area contributed by atoms with Gasteiger partial charge in [0.05, 0.1) is 0 Å². The third-order valence-electron chi connectivity index (χ3n) is 5.08. The van der Waals surface area contributed by atoms with Gasteiger partial charge in [0.2, 0.25) is 0 Å². The van der Waals surface area contributed by atoms with E-state index >= 15 is 0 Å². The molecule has 1 aromatic carbocycles. The van der Waals surface area contributed by atoms with Crippen molar-refractivity contribution in [1.82, 2.24) is 5.32 Å². The zero-order valence-electron chi connectivity index (χ0n) is 12.5. The largest absolute Gasteiger partial charge is 0.396 e. The summed E-state index contributed by atoms with van der Waals surface area (Å²) in [4.78, 5) is 0. The van der Waals surface area contributed by atoms with Crippen LogP contribution in [0.25, 0.3) is 0 Å². The monoisotopic (exact) mass is 339 g/mol. The van der Waals surface area contributed by atoms with E-state index in [2.05, 4.69) is 59.4 Å². The first kappa shape index (κ1) is 16.0. The summed E-state index contributed by atoms with van der Waals surface area (Å²) in [5, 5.41) is 13.3. The van der Waals surface area contributed by atoms with Crippen LogP contribution in [0, 0.1) is 5.41 Å². The summed E-state index contributed by atoms with van der Waals surface area (Å²) in [5.41, 5.74) is 1.50. The second-order valence-corrected chi connectivity index (χ2v) is 6.99. The molecule has 0 aromatic heterocycles. The number of aliphatic hydroxyl groups is 1. The quantitative estimate of drug-likeness (QED) is 0.784. The molecule has 3 heteroatoms. The van der Waals surface area contributed by atoms with Crippen molar-refractivity contribution in [2.24, 2.45) is 5.41 Å². The summed E-state index contributed by atoms with van der Waals surface area (Å²) in [5.74, 6) is 0.676. The predicted molar refractivity (Wildman–Crippen MR) is 88.0 cm³/mol. The molecule has 2 N–H and O–H groups in total. The van der Waals surface area contributed by atoms with Crippen LogP contribution in [0.15, 0.2) is 28.7 Å². The topological polar surface area (TPSA) is 32.3 Å². The van der Waals surface area contributed by atoms with Crippen molar-refractivity contribution in [3.63, 3.8) is 0 Å². The Balaban J connectivity index is 1.81. The Morgan fingerprint density at radius 2 is 1.90 bits per heavy atom. The van der Waals surface area contributed by atoms with Crippen molar-refractivity contribution in [3.8, 4) is 0 Å². The van der Waals surface area contributed by atoms with E-state index in [4.69, 9.17) is 0 Å². The first-order valence-corrected chi connectivity index (χ1v) is 8.52. The maximum Gasteiger partial charge on any atom is 0.0499 e. The molecular formula is C17H26BrNO. The van der Waals surface area contributed by atoms with Gasteiger partial charge < -0.3 is 10.4 Å². The van der Waals surface area contributed by atoms with E-state index < -0.39 is 0 Å². The lowest BCUT2D eigenvalue weighted by Gasteiger charge is -2.40. The van der Waals surface area contributed by atoms with Crippen molar-refractivity contribution < 1.29 is 5.11 Å². The van der Waals surface area contributed by atoms with Gasteiger partial charge in [-0.3, -0.25) is 0 Å². The summed E-state index contributed by atoms with van der Waals surface area (Å²) in [6, 6.07) is 9.14. The number of aliphatic hydroxyl groups excluding tert-OH is 1. The molecule has 2 rings (SSSR count). The van der Waals surface area contributed by atoms with Crippen LogP contribution in [0.2, 0.25) is 0 Å². The minimum absolute atomic E-state index is 0.0679. The van der Waals surface area contributed by atoms with Gasteiger partial charge in [-0.25, -0.2) is 0 Å². The number of nitrogens with one attached hydrogen (secondary N) is 1. The van der Waals surface area contributed by atoms with E-state index in [0.717, 1.165) is 19.4 Å². The Hall–Kier alpha value is -0.380. The van der Waals surface area contributed by atoms with E-state index in [-0.39, 0.29) is 12.0 Å². The number of halogens is 1. The van der Waals surface area contributed by atoms with E-state index in [9.17, 15) is 5.11 Å². The standard InChI is InChI=1S/C17H26BrNO/c1-3-17(4-2,12-20)11-19-14-9-13(10-14)15-7-5-6-8-16(15)18/h5-8,13-14,19-20H,3-4,9-12H2,1-2H3. The third kappa shape index (κ3) is 3.44. The van der Waals surface area contributed by atoms with Crippen LogP contribution in [-0.4, -0.2) is 24.3 Å². The molecule has 0 atom stereocenters. The lowest BCUT2D eigenvalue weighted by atomic mass is 9.75. The van der Waals surface area contributed by atoms with Crippen molar-refractivity contribution in [3.05, 3.63) is 34.3 Å². The average molecular weight is 340 g/mol. The molecule has 1 aliphatic carbocycles. The molecule has 1 saturated carbocycles. The molecule has 0 spiro atoms. The maximum absolute atomic E-state index is 9.60. The van der Waals surface area contributed by atoms with Crippen molar-refractivity contribution in [2.75, 3.05) is 13.2 Å². The zero-order valence-corrected chi connectivity index (χ0v) is 14.1. The number of hydrogen-bond acceptors (Lipinski definition) is 2. The van der Waals surface area contributed by atoms with Crippen LogP contribution < -0.4 is 5.32 Å². The zero-order chi connectivity index (χ0) is 14.6. The van der Waals surface area contributed by atoms with Gasteiger partial charge in [-0.15, -0.1) is 0 Å². The number of hydrogen-bond donors (Lipinski definition) is 2. The maximum atomic E-state index is 9.60. The minimum atomic E-state index is 0.0679. The normalized spacial score (nSPS) is 22.6. The van der Waals surface area contributed by atoms with E-state index in [1.54, 1.807) is 0 Å². The van der Waals surface area contributed by atoms with Crippen LogP contribution in [0.1, 0.15) is 51.0 Å². The van der Waals surface area contributed by atoms with E-state index in [1.807, 2.05) is 0 Å². The Kier molecular flexibility index (Phi) is 5.65. The van der Waals surface area contributed by atoms with Crippen LogP contribution in [-0.2, 0) is 0 Å². The van der Waals surface area contributed by atoms with Gasteiger partial charge in [-0.05, 0) is 43.2 Å². The predicted octanol–water partition coefficient (Wildman–Crippen LogP) is 4.08. The number of rotatable bonds is 7. The fourth-order valence-corrected chi connectivity index (χ4v) is 3.59. The highest BCUT2D eigenvalue weighted by Crippen LogP contribution is 2.40. The van der Waals surface area contributed by atoms with Gasteiger partial charge >= 0.3 is 0 Å². The smallest absolute Gasteiger partial charge is 0.0499 e. The Bertz CT molecular complexity index is 416. The van der Waals surface area contributed by atoms with Gasteiger partial charge in [-0.2, -0.15) is 0 Å². The van der Waals surface area contributed by atoms with Gasteiger partial charge in [0.25, 0.3) is 0 Å². The highest BCUT2D eigenvalue weighted by atomic mass is 79.9. The molecule has 0 bridgehead atoms. The molecule has 2 nitrogen and oxygen atoms in total. The molecule has 0 aliphatic heterocycles. The second-order valence-electron chi connectivity index (χ2n) is 6.13. The number of benzene rings is 1. The van der Waals surface area contributed by atoms with Crippen LogP contribution in [0.4, 0.5) is 0 Å². The highest BCUT2D eigenvalue weighted by Gasteiger charge is 2.33. The summed E-state index contributed by atoms with van der Waals surface area (Å²) < 4.78 is 1.23. The van der Waals surface area contributed by atoms with Crippen LogP contribution in [0.5, 0.6) is 0 Å². The molecule has 20 heavy (non-hydrogen) atoms. The Morgan fingerprint density at radius 1 is 1.25 bits per heavy atom. The third-order valence-corrected chi connectivity index (χ3v) is 5.81. The molecule has 0 unspecified atom stereocenters. The minimum Gasteiger partial charge on any atom is -0.396 e. The summed E-state index contributed by atoms with van der Waals surface area (Å²) in [7, 11) is 0. The summed E-state index contributed by atoms with van der Waals surface area (Å²) in [6.07, 6.45) is 4.48. The molecule has 0 saturated heterocycles. The highest BCUT2D eigenvalue weighted by molar-refractivity contribution is 9.10. The second kappa shape index (κ2) is 7.06. The first-order chi connectivity index (χ1) is 9.64. The molecule has 1 aliphatic rings. The first-order valence-electron chi connectivity index (χ1n) is 7.72.